The van der Waals surface area contributed by atoms with Gasteiger partial charge in [-0.15, -0.1) is 0 Å². The van der Waals surface area contributed by atoms with E-state index in [9.17, 15) is 10.1 Å². The molecule has 1 aromatic heterocycles. The number of nitrogens with two attached hydrogens (primary N) is 1. The summed E-state index contributed by atoms with van der Waals surface area (Å²) in [6.45, 7) is 3.69. The molecule has 1 unspecified atom stereocenters. The van der Waals surface area contributed by atoms with Gasteiger partial charge in [-0.1, -0.05) is 0 Å². The monoisotopic (exact) mass is 280 g/mol. The van der Waals surface area contributed by atoms with Gasteiger partial charge in [-0.05, 0) is 14.1 Å². The van der Waals surface area contributed by atoms with Crippen molar-refractivity contribution in [1.82, 2.24) is 14.8 Å². The lowest BCUT2D eigenvalue weighted by molar-refractivity contribution is -0.384. The first-order chi connectivity index (χ1) is 9.45. The number of hydrogen-bond donors (Lipinski definition) is 2. The molecule has 2 rings (SSSR count). The summed E-state index contributed by atoms with van der Waals surface area (Å²) in [6.07, 6.45) is 0. The highest BCUT2D eigenvalue weighted by Crippen LogP contribution is 2.19. The van der Waals surface area contributed by atoms with Crippen LogP contribution in [0.5, 0.6) is 0 Å². The molecular formula is C12H20N6O2. The van der Waals surface area contributed by atoms with E-state index in [1.807, 2.05) is 0 Å². The van der Waals surface area contributed by atoms with E-state index in [-0.39, 0.29) is 11.5 Å². The Balaban J connectivity index is 2.01. The number of rotatable bonds is 4. The number of pyridine rings is 1. The molecule has 20 heavy (non-hydrogen) atoms. The number of nitro groups is 1. The van der Waals surface area contributed by atoms with Crippen LogP contribution in [0.3, 0.4) is 0 Å². The van der Waals surface area contributed by atoms with Gasteiger partial charge in [0, 0.05) is 32.2 Å². The molecule has 1 aliphatic rings. The third-order valence-corrected chi connectivity index (χ3v) is 3.54. The number of likely N-dealkylation sites (N-methyl/N-ethyl adjacent to an activating group) is 2. The standard InChI is InChI=1S/C12H20N6O2/c1-16-3-4-17(2)10(8-16)7-14-12-6-9(18(19)20)5-11(13)15-12/h5-6,10H,3-4,7-8H2,1-2H3,(H3,13,14,15). The second-order valence-corrected chi connectivity index (χ2v) is 5.17. The van der Waals surface area contributed by atoms with Gasteiger partial charge in [0.25, 0.3) is 5.69 Å². The lowest BCUT2D eigenvalue weighted by atomic mass is 10.2. The maximum absolute atomic E-state index is 10.8. The molecule has 1 fully saturated rings. The molecule has 0 spiro atoms. The summed E-state index contributed by atoms with van der Waals surface area (Å²) in [5.41, 5.74) is 5.53. The summed E-state index contributed by atoms with van der Waals surface area (Å²) in [5.74, 6) is 0.592. The molecule has 1 aromatic rings. The summed E-state index contributed by atoms with van der Waals surface area (Å²) in [6, 6.07) is 3.00. The minimum absolute atomic E-state index is 0.0471. The van der Waals surface area contributed by atoms with Crippen LogP contribution in [0.4, 0.5) is 17.3 Å². The fraction of sp³-hybridized carbons (Fsp3) is 0.583. The fourth-order valence-corrected chi connectivity index (χ4v) is 2.28. The summed E-state index contributed by atoms with van der Waals surface area (Å²) >= 11 is 0. The molecule has 8 heteroatoms. The quantitative estimate of drug-likeness (QED) is 0.601. The second-order valence-electron chi connectivity index (χ2n) is 5.17. The van der Waals surface area contributed by atoms with Crippen molar-refractivity contribution >= 4 is 17.3 Å². The Morgan fingerprint density at radius 2 is 2.25 bits per heavy atom. The second kappa shape index (κ2) is 6.02. The topological polar surface area (TPSA) is 101 Å². The van der Waals surface area contributed by atoms with Gasteiger partial charge in [-0.2, -0.15) is 0 Å². The zero-order chi connectivity index (χ0) is 14.7. The molecular weight excluding hydrogens is 260 g/mol. The van der Waals surface area contributed by atoms with Gasteiger partial charge in [0.15, 0.2) is 0 Å². The van der Waals surface area contributed by atoms with Crippen LogP contribution in [0.25, 0.3) is 0 Å². The molecule has 1 aliphatic heterocycles. The number of piperazine rings is 1. The first kappa shape index (κ1) is 14.5. The molecule has 0 aromatic carbocycles. The Morgan fingerprint density at radius 3 is 2.95 bits per heavy atom. The van der Waals surface area contributed by atoms with E-state index in [2.05, 4.69) is 34.2 Å². The zero-order valence-electron chi connectivity index (χ0n) is 11.7. The van der Waals surface area contributed by atoms with Crippen molar-refractivity contribution in [3.05, 3.63) is 22.2 Å². The van der Waals surface area contributed by atoms with Crippen LogP contribution in [0, 0.1) is 10.1 Å². The maximum atomic E-state index is 10.8. The fourth-order valence-electron chi connectivity index (χ4n) is 2.28. The van der Waals surface area contributed by atoms with Crippen molar-refractivity contribution in [1.29, 1.82) is 0 Å². The van der Waals surface area contributed by atoms with Crippen LogP contribution in [-0.4, -0.2) is 66.0 Å². The van der Waals surface area contributed by atoms with E-state index in [1.54, 1.807) is 0 Å². The van der Waals surface area contributed by atoms with Gasteiger partial charge in [0.1, 0.15) is 11.6 Å². The molecule has 0 amide bonds. The van der Waals surface area contributed by atoms with Gasteiger partial charge < -0.3 is 16.0 Å². The van der Waals surface area contributed by atoms with Crippen LogP contribution in [0.1, 0.15) is 0 Å². The first-order valence-corrected chi connectivity index (χ1v) is 6.50. The molecule has 0 aliphatic carbocycles. The summed E-state index contributed by atoms with van der Waals surface area (Å²) in [4.78, 5) is 18.9. The highest BCUT2D eigenvalue weighted by molar-refractivity contribution is 5.52. The number of nitrogens with one attached hydrogen (secondary N) is 1. The Morgan fingerprint density at radius 1 is 1.50 bits per heavy atom. The van der Waals surface area contributed by atoms with Gasteiger partial charge in [0.05, 0.1) is 17.1 Å². The van der Waals surface area contributed by atoms with Gasteiger partial charge >= 0.3 is 0 Å². The third-order valence-electron chi connectivity index (χ3n) is 3.54. The Labute approximate surface area is 117 Å². The Kier molecular flexibility index (Phi) is 4.35. The molecule has 110 valence electrons. The Bertz CT molecular complexity index is 495. The minimum Gasteiger partial charge on any atom is -0.383 e. The van der Waals surface area contributed by atoms with E-state index < -0.39 is 4.92 Å². The molecule has 3 N–H and O–H groups in total. The molecule has 1 saturated heterocycles. The number of hydrogen-bond acceptors (Lipinski definition) is 7. The number of aromatic nitrogens is 1. The largest absolute Gasteiger partial charge is 0.383 e. The average Bonchev–Trinajstić information content (AvgIpc) is 2.39. The van der Waals surface area contributed by atoms with E-state index in [0.717, 1.165) is 19.6 Å². The van der Waals surface area contributed by atoms with Crippen LogP contribution < -0.4 is 11.1 Å². The van der Waals surface area contributed by atoms with Crippen molar-refractivity contribution in [3.63, 3.8) is 0 Å². The predicted octanol–water partition coefficient (Wildman–Crippen LogP) is 0.230. The van der Waals surface area contributed by atoms with E-state index in [4.69, 9.17) is 5.73 Å². The lowest BCUT2D eigenvalue weighted by Crippen LogP contribution is -2.52. The zero-order valence-corrected chi connectivity index (χ0v) is 11.7. The molecule has 0 bridgehead atoms. The average molecular weight is 280 g/mol. The van der Waals surface area contributed by atoms with Crippen molar-refractivity contribution in [2.75, 3.05) is 51.3 Å². The predicted molar refractivity (Wildman–Crippen MR) is 77.7 cm³/mol. The van der Waals surface area contributed by atoms with Crippen molar-refractivity contribution in [2.24, 2.45) is 0 Å². The third kappa shape index (κ3) is 3.55. The number of nitrogen functional groups attached to an aromatic ring is 1. The van der Waals surface area contributed by atoms with Gasteiger partial charge in [-0.25, -0.2) is 4.98 Å². The highest BCUT2D eigenvalue weighted by atomic mass is 16.6. The molecule has 8 nitrogen and oxygen atoms in total. The van der Waals surface area contributed by atoms with Crippen LogP contribution in [0.15, 0.2) is 12.1 Å². The summed E-state index contributed by atoms with van der Waals surface area (Å²) in [7, 11) is 4.16. The van der Waals surface area contributed by atoms with Crippen LogP contribution >= 0.6 is 0 Å². The molecule has 0 saturated carbocycles. The van der Waals surface area contributed by atoms with E-state index >= 15 is 0 Å². The Hall–Kier alpha value is -1.93. The summed E-state index contributed by atoms with van der Waals surface area (Å²) in [5, 5.41) is 13.9. The smallest absolute Gasteiger partial charge is 0.276 e. The van der Waals surface area contributed by atoms with E-state index in [0.29, 0.717) is 18.4 Å². The van der Waals surface area contributed by atoms with Crippen molar-refractivity contribution < 1.29 is 4.92 Å². The van der Waals surface area contributed by atoms with Crippen LogP contribution in [-0.2, 0) is 0 Å². The van der Waals surface area contributed by atoms with Crippen LogP contribution in [0.2, 0.25) is 0 Å². The number of nitrogens with zero attached hydrogens (tertiary/aromatic N) is 4. The first-order valence-electron chi connectivity index (χ1n) is 6.50. The highest BCUT2D eigenvalue weighted by Gasteiger charge is 2.22. The van der Waals surface area contributed by atoms with Gasteiger partial charge in [0.2, 0.25) is 0 Å². The normalized spacial score (nSPS) is 20.8. The lowest BCUT2D eigenvalue weighted by Gasteiger charge is -2.37. The van der Waals surface area contributed by atoms with Gasteiger partial charge in [-0.3, -0.25) is 15.0 Å². The van der Waals surface area contributed by atoms with Crippen molar-refractivity contribution in [3.8, 4) is 0 Å². The minimum atomic E-state index is -0.469. The van der Waals surface area contributed by atoms with Crippen molar-refractivity contribution in [2.45, 2.75) is 6.04 Å². The van der Waals surface area contributed by atoms with E-state index in [1.165, 1.54) is 12.1 Å². The molecule has 0 radical (unpaired) electrons. The molecule has 2 heterocycles. The number of anilines is 2. The summed E-state index contributed by atoms with van der Waals surface area (Å²) < 4.78 is 0. The maximum Gasteiger partial charge on any atom is 0.276 e. The SMILES string of the molecule is CN1CCN(C)C(CNc2cc([N+](=O)[O-])cc(N)n2)C1. The molecule has 1 atom stereocenters.